The number of aryl methyl sites for hydroxylation is 1. The zero-order chi connectivity index (χ0) is 19.3. The summed E-state index contributed by atoms with van der Waals surface area (Å²) < 4.78 is 0. The quantitative estimate of drug-likeness (QED) is 0.688. The number of H-pyrrole nitrogens is 1. The van der Waals surface area contributed by atoms with Crippen molar-refractivity contribution in [1.29, 1.82) is 0 Å². The van der Waals surface area contributed by atoms with Crippen LogP contribution in [0, 0.1) is 0 Å². The highest BCUT2D eigenvalue weighted by molar-refractivity contribution is 5.77. The molecule has 1 aliphatic rings. The lowest BCUT2D eigenvalue weighted by molar-refractivity contribution is -0.130. The normalized spacial score (nSPS) is 14.2. The molecule has 2 aromatic carbocycles. The van der Waals surface area contributed by atoms with Crippen molar-refractivity contribution >= 4 is 16.9 Å². The molecule has 1 N–H and O–H groups in total. The van der Waals surface area contributed by atoms with E-state index in [2.05, 4.69) is 39.1 Å². The molecule has 0 saturated heterocycles. The first-order chi connectivity index (χ1) is 13.7. The molecule has 5 heteroatoms. The number of hydrogen-bond acceptors (Lipinski definition) is 3. The fourth-order valence-electron chi connectivity index (χ4n) is 3.94. The molecule has 0 atom stereocenters. The van der Waals surface area contributed by atoms with Gasteiger partial charge in [0, 0.05) is 46.1 Å². The number of carbonyl (C=O) groups is 1. The molecule has 146 valence electrons. The molecule has 1 aromatic heterocycles. The number of rotatable bonds is 7. The third-order valence-electron chi connectivity index (χ3n) is 5.62. The molecule has 0 fully saturated rings. The highest BCUT2D eigenvalue weighted by atomic mass is 16.2. The van der Waals surface area contributed by atoms with Gasteiger partial charge in [0.15, 0.2) is 0 Å². The number of fused-ring (bicyclic) bond motifs is 2. The van der Waals surface area contributed by atoms with E-state index in [0.717, 1.165) is 55.9 Å². The maximum atomic E-state index is 12.4. The molecule has 28 heavy (non-hydrogen) atoms. The molecule has 3 aromatic rings. The molecule has 4 rings (SSSR count). The van der Waals surface area contributed by atoms with E-state index >= 15 is 0 Å². The van der Waals surface area contributed by atoms with E-state index in [0.29, 0.717) is 12.8 Å². The summed E-state index contributed by atoms with van der Waals surface area (Å²) in [6, 6.07) is 16.7. The van der Waals surface area contributed by atoms with Crippen LogP contribution in [0.1, 0.15) is 29.8 Å². The molecule has 0 unspecified atom stereocenters. The summed E-state index contributed by atoms with van der Waals surface area (Å²) in [5, 5.41) is 0. The molecular weight excluding hydrogens is 348 g/mol. The monoisotopic (exact) mass is 376 g/mol. The fourth-order valence-corrected chi connectivity index (χ4v) is 3.94. The van der Waals surface area contributed by atoms with Crippen LogP contribution in [0.3, 0.4) is 0 Å². The van der Waals surface area contributed by atoms with E-state index in [1.807, 2.05) is 36.2 Å². The molecule has 1 aliphatic heterocycles. The van der Waals surface area contributed by atoms with Gasteiger partial charge < -0.3 is 9.88 Å². The molecule has 0 aliphatic carbocycles. The molecule has 1 amide bonds. The van der Waals surface area contributed by atoms with Crippen molar-refractivity contribution in [3.8, 4) is 0 Å². The van der Waals surface area contributed by atoms with Crippen LogP contribution in [-0.4, -0.2) is 52.4 Å². The minimum atomic E-state index is 0.185. The number of aromatic amines is 1. The lowest BCUT2D eigenvalue weighted by Gasteiger charge is -2.29. The Morgan fingerprint density at radius 2 is 1.93 bits per heavy atom. The Hall–Kier alpha value is -2.66. The summed E-state index contributed by atoms with van der Waals surface area (Å²) in [4.78, 5) is 24.7. The van der Waals surface area contributed by atoms with Crippen LogP contribution in [0.5, 0.6) is 0 Å². The second-order valence-electron chi connectivity index (χ2n) is 7.66. The van der Waals surface area contributed by atoms with Crippen LogP contribution in [0.2, 0.25) is 0 Å². The molecule has 0 spiro atoms. The first-order valence-corrected chi connectivity index (χ1v) is 10.2. The minimum absolute atomic E-state index is 0.185. The average Bonchev–Trinajstić information content (AvgIpc) is 3.15. The lowest BCUT2D eigenvalue weighted by atomic mass is 10.00. The summed E-state index contributed by atoms with van der Waals surface area (Å²) in [5.41, 5.74) is 4.92. The van der Waals surface area contributed by atoms with Gasteiger partial charge in [-0.15, -0.1) is 0 Å². The molecule has 2 heterocycles. The summed E-state index contributed by atoms with van der Waals surface area (Å²) in [5.74, 6) is 1.07. The largest absolute Gasteiger partial charge is 0.346 e. The first-order valence-electron chi connectivity index (χ1n) is 10.2. The topological polar surface area (TPSA) is 52.2 Å². The molecular formula is C23H28N4O. The summed E-state index contributed by atoms with van der Waals surface area (Å²) in [7, 11) is 1.91. The van der Waals surface area contributed by atoms with Crippen molar-refractivity contribution in [2.24, 2.45) is 0 Å². The number of nitrogens with one attached hydrogen (secondary N) is 1. The van der Waals surface area contributed by atoms with Crippen LogP contribution in [0.15, 0.2) is 48.5 Å². The minimum Gasteiger partial charge on any atom is -0.346 e. The first kappa shape index (κ1) is 18.7. The molecule has 0 radical (unpaired) electrons. The van der Waals surface area contributed by atoms with Crippen molar-refractivity contribution in [2.75, 3.05) is 26.7 Å². The number of para-hydroxylation sites is 2. The van der Waals surface area contributed by atoms with Crippen molar-refractivity contribution in [1.82, 2.24) is 19.8 Å². The van der Waals surface area contributed by atoms with Gasteiger partial charge in [0.25, 0.3) is 0 Å². The lowest BCUT2D eigenvalue weighted by Crippen LogP contribution is -2.34. The smallest absolute Gasteiger partial charge is 0.222 e. The van der Waals surface area contributed by atoms with Gasteiger partial charge in [-0.1, -0.05) is 36.4 Å². The number of nitrogens with zero attached hydrogens (tertiary/aromatic N) is 3. The maximum absolute atomic E-state index is 12.4. The molecule has 5 nitrogen and oxygen atoms in total. The second kappa shape index (κ2) is 8.57. The van der Waals surface area contributed by atoms with Gasteiger partial charge in [-0.3, -0.25) is 9.69 Å². The highest BCUT2D eigenvalue weighted by Crippen LogP contribution is 2.18. The average molecular weight is 377 g/mol. The van der Waals surface area contributed by atoms with Gasteiger partial charge in [0.2, 0.25) is 5.91 Å². The van der Waals surface area contributed by atoms with Crippen molar-refractivity contribution in [3.05, 3.63) is 65.5 Å². The van der Waals surface area contributed by atoms with E-state index in [1.54, 1.807) is 0 Å². The summed E-state index contributed by atoms with van der Waals surface area (Å²) >= 11 is 0. The Balaban J connectivity index is 1.19. The second-order valence-corrected chi connectivity index (χ2v) is 7.66. The van der Waals surface area contributed by atoms with E-state index < -0.39 is 0 Å². The molecule has 0 saturated carbocycles. The van der Waals surface area contributed by atoms with Gasteiger partial charge in [-0.05, 0) is 36.1 Å². The predicted octanol–water partition coefficient (Wildman–Crippen LogP) is 3.40. The Morgan fingerprint density at radius 3 is 2.79 bits per heavy atom. The van der Waals surface area contributed by atoms with Gasteiger partial charge in [0.1, 0.15) is 5.82 Å². The Morgan fingerprint density at radius 1 is 1.14 bits per heavy atom. The SMILES string of the molecule is CN(CCCN1CCc2ccccc2C1)C(=O)CCc1nc2ccccc2[nH]1. The van der Waals surface area contributed by atoms with E-state index in [-0.39, 0.29) is 5.91 Å². The standard InChI is InChI=1S/C23H28N4O/c1-26(14-6-15-27-16-13-18-7-2-3-8-19(18)17-27)23(28)12-11-22-24-20-9-4-5-10-21(20)25-22/h2-5,7-10H,6,11-17H2,1H3,(H,24,25). The third kappa shape index (κ3) is 4.42. The Bertz CT molecular complexity index is 915. The number of benzene rings is 2. The summed E-state index contributed by atoms with van der Waals surface area (Å²) in [6.07, 6.45) is 3.28. The highest BCUT2D eigenvalue weighted by Gasteiger charge is 2.16. The van der Waals surface area contributed by atoms with Gasteiger partial charge in [0.05, 0.1) is 11.0 Å². The van der Waals surface area contributed by atoms with Crippen molar-refractivity contribution in [2.45, 2.75) is 32.2 Å². The zero-order valence-electron chi connectivity index (χ0n) is 16.5. The van der Waals surface area contributed by atoms with E-state index in [4.69, 9.17) is 0 Å². The van der Waals surface area contributed by atoms with Crippen molar-refractivity contribution in [3.63, 3.8) is 0 Å². The zero-order valence-corrected chi connectivity index (χ0v) is 16.5. The molecule has 0 bridgehead atoms. The summed E-state index contributed by atoms with van der Waals surface area (Å²) in [6.45, 7) is 3.98. The van der Waals surface area contributed by atoms with Gasteiger partial charge in [-0.25, -0.2) is 4.98 Å². The maximum Gasteiger partial charge on any atom is 0.222 e. The number of aromatic nitrogens is 2. The number of hydrogen-bond donors (Lipinski definition) is 1. The Labute approximate surface area is 166 Å². The van der Waals surface area contributed by atoms with Crippen LogP contribution < -0.4 is 0 Å². The van der Waals surface area contributed by atoms with Gasteiger partial charge >= 0.3 is 0 Å². The third-order valence-corrected chi connectivity index (χ3v) is 5.62. The fraction of sp³-hybridized carbons (Fsp3) is 0.391. The van der Waals surface area contributed by atoms with Crippen LogP contribution in [0.4, 0.5) is 0 Å². The van der Waals surface area contributed by atoms with Crippen LogP contribution in [-0.2, 0) is 24.2 Å². The predicted molar refractivity (Wildman–Crippen MR) is 112 cm³/mol. The number of carbonyl (C=O) groups excluding carboxylic acids is 1. The number of imidazole rings is 1. The van der Waals surface area contributed by atoms with E-state index in [9.17, 15) is 4.79 Å². The van der Waals surface area contributed by atoms with Crippen molar-refractivity contribution < 1.29 is 4.79 Å². The van der Waals surface area contributed by atoms with Gasteiger partial charge in [-0.2, -0.15) is 0 Å². The van der Waals surface area contributed by atoms with E-state index in [1.165, 1.54) is 11.1 Å². The number of amides is 1. The van der Waals surface area contributed by atoms with Crippen LogP contribution in [0.25, 0.3) is 11.0 Å². The Kier molecular flexibility index (Phi) is 5.72. The van der Waals surface area contributed by atoms with Crippen LogP contribution >= 0.6 is 0 Å².